The standard InChI is InChI=1S/C16H16Cl2F4N4O/c17-15(19,20)7-1-11(23)9(12(24)2-7)5-27-6-10-13(25)3-8(4-14(10)26)16(18,21)22/h1-4H,5-6,23-26H2. The van der Waals surface area contributed by atoms with Crippen LogP contribution >= 0.6 is 23.2 Å². The molecule has 2 aromatic rings. The average Bonchev–Trinajstić information content (AvgIpc) is 2.49. The number of hydrogen-bond donors (Lipinski definition) is 4. The predicted molar refractivity (Wildman–Crippen MR) is 98.5 cm³/mol. The summed E-state index contributed by atoms with van der Waals surface area (Å²) in [5.74, 6) is 0. The Hall–Kier alpha value is -2.10. The minimum atomic E-state index is -3.61. The second kappa shape index (κ2) is 7.49. The van der Waals surface area contributed by atoms with E-state index in [2.05, 4.69) is 0 Å². The van der Waals surface area contributed by atoms with E-state index in [-0.39, 0.29) is 47.1 Å². The maximum atomic E-state index is 13.2. The number of nitrogens with two attached hydrogens (primary N) is 4. The van der Waals surface area contributed by atoms with Gasteiger partial charge in [0, 0.05) is 45.0 Å². The first-order valence-electron chi connectivity index (χ1n) is 7.38. The summed E-state index contributed by atoms with van der Waals surface area (Å²) in [6.45, 7) is -0.309. The van der Waals surface area contributed by atoms with Gasteiger partial charge in [-0.15, -0.1) is 0 Å². The summed E-state index contributed by atoms with van der Waals surface area (Å²) in [6, 6.07) is 3.95. The van der Waals surface area contributed by atoms with E-state index in [1.807, 2.05) is 0 Å². The van der Waals surface area contributed by atoms with Crippen LogP contribution in [0.5, 0.6) is 0 Å². The minimum absolute atomic E-state index is 0.0385. The molecule has 0 aliphatic rings. The number of anilines is 4. The highest BCUT2D eigenvalue weighted by molar-refractivity contribution is 6.22. The summed E-state index contributed by atoms with van der Waals surface area (Å²) in [7, 11) is 0. The first-order valence-corrected chi connectivity index (χ1v) is 8.14. The number of rotatable bonds is 6. The second-order valence-electron chi connectivity index (χ2n) is 5.75. The fourth-order valence-electron chi connectivity index (χ4n) is 2.35. The summed E-state index contributed by atoms with van der Waals surface area (Å²) in [4.78, 5) is 0. The average molecular weight is 427 g/mol. The van der Waals surface area contributed by atoms with E-state index < -0.39 is 21.9 Å². The van der Waals surface area contributed by atoms with Gasteiger partial charge >= 0.3 is 10.8 Å². The molecule has 0 saturated carbocycles. The first-order chi connectivity index (χ1) is 12.3. The third kappa shape index (κ3) is 5.00. The molecule has 0 bridgehead atoms. The Bertz CT molecular complexity index is 738. The maximum absolute atomic E-state index is 13.2. The van der Waals surface area contributed by atoms with Gasteiger partial charge in [0.15, 0.2) is 0 Å². The molecule has 0 unspecified atom stereocenters. The molecule has 2 aromatic carbocycles. The lowest BCUT2D eigenvalue weighted by molar-refractivity contribution is 0.0947. The molecule has 0 aliphatic carbocycles. The second-order valence-corrected chi connectivity index (χ2v) is 6.70. The van der Waals surface area contributed by atoms with E-state index in [0.717, 1.165) is 24.3 Å². The normalized spacial score (nSPS) is 12.4. The molecule has 0 aliphatic heterocycles. The molecular weight excluding hydrogens is 411 g/mol. The van der Waals surface area contributed by atoms with Crippen molar-refractivity contribution >= 4 is 46.0 Å². The molecule has 0 spiro atoms. The van der Waals surface area contributed by atoms with E-state index in [1.54, 1.807) is 0 Å². The predicted octanol–water partition coefficient (Wildman–Crippen LogP) is 4.31. The number of hydrogen-bond acceptors (Lipinski definition) is 5. The van der Waals surface area contributed by atoms with Crippen LogP contribution in [-0.2, 0) is 28.7 Å². The molecule has 0 atom stereocenters. The van der Waals surface area contributed by atoms with Crippen molar-refractivity contribution in [1.82, 2.24) is 0 Å². The van der Waals surface area contributed by atoms with E-state index >= 15 is 0 Å². The molecule has 0 saturated heterocycles. The Labute approximate surface area is 162 Å². The molecule has 5 nitrogen and oxygen atoms in total. The van der Waals surface area contributed by atoms with Crippen molar-refractivity contribution in [2.45, 2.75) is 24.0 Å². The van der Waals surface area contributed by atoms with Crippen LogP contribution in [0.1, 0.15) is 22.3 Å². The van der Waals surface area contributed by atoms with Gasteiger partial charge in [0.2, 0.25) is 0 Å². The van der Waals surface area contributed by atoms with Gasteiger partial charge < -0.3 is 27.7 Å². The van der Waals surface area contributed by atoms with Gasteiger partial charge in [0.25, 0.3) is 0 Å². The van der Waals surface area contributed by atoms with Gasteiger partial charge in [-0.2, -0.15) is 17.6 Å². The Morgan fingerprint density at radius 1 is 0.667 bits per heavy atom. The van der Waals surface area contributed by atoms with E-state index in [9.17, 15) is 17.6 Å². The summed E-state index contributed by atoms with van der Waals surface area (Å²) < 4.78 is 58.0. The molecular formula is C16H16Cl2F4N4O. The number of benzene rings is 2. The molecule has 11 heteroatoms. The van der Waals surface area contributed by atoms with Crippen LogP contribution in [-0.4, -0.2) is 0 Å². The van der Waals surface area contributed by atoms with Crippen LogP contribution in [0.15, 0.2) is 24.3 Å². The van der Waals surface area contributed by atoms with Gasteiger partial charge in [-0.1, -0.05) is 0 Å². The van der Waals surface area contributed by atoms with Crippen molar-refractivity contribution in [3.63, 3.8) is 0 Å². The van der Waals surface area contributed by atoms with Crippen LogP contribution in [0.2, 0.25) is 0 Å². The lowest BCUT2D eigenvalue weighted by Crippen LogP contribution is -2.11. The van der Waals surface area contributed by atoms with Crippen molar-refractivity contribution in [2.24, 2.45) is 0 Å². The zero-order chi connectivity index (χ0) is 20.6. The third-order valence-corrected chi connectivity index (χ3v) is 4.22. The number of halogens is 6. The van der Waals surface area contributed by atoms with Crippen molar-refractivity contribution < 1.29 is 22.3 Å². The molecule has 0 fully saturated rings. The third-order valence-electron chi connectivity index (χ3n) is 3.79. The Morgan fingerprint density at radius 3 is 1.15 bits per heavy atom. The fourth-order valence-corrected chi connectivity index (χ4v) is 2.57. The monoisotopic (exact) mass is 426 g/mol. The van der Waals surface area contributed by atoms with Gasteiger partial charge in [0.05, 0.1) is 13.2 Å². The Kier molecular flexibility index (Phi) is 5.88. The summed E-state index contributed by atoms with van der Waals surface area (Å²) in [5.41, 5.74) is 22.2. The first kappa shape index (κ1) is 21.2. The Morgan fingerprint density at radius 2 is 0.926 bits per heavy atom. The van der Waals surface area contributed by atoms with E-state index in [0.29, 0.717) is 0 Å². The molecule has 0 aromatic heterocycles. The van der Waals surface area contributed by atoms with Crippen molar-refractivity contribution in [1.29, 1.82) is 0 Å². The van der Waals surface area contributed by atoms with Crippen molar-refractivity contribution in [3.05, 3.63) is 46.5 Å². The zero-order valence-electron chi connectivity index (χ0n) is 13.7. The van der Waals surface area contributed by atoms with Crippen LogP contribution < -0.4 is 22.9 Å². The van der Waals surface area contributed by atoms with E-state index in [4.69, 9.17) is 50.9 Å². The molecule has 148 valence electrons. The molecule has 8 N–H and O–H groups in total. The zero-order valence-corrected chi connectivity index (χ0v) is 15.2. The van der Waals surface area contributed by atoms with Gasteiger partial charge in [-0.3, -0.25) is 0 Å². The van der Waals surface area contributed by atoms with Gasteiger partial charge in [-0.25, -0.2) is 0 Å². The highest BCUT2D eigenvalue weighted by atomic mass is 35.5. The van der Waals surface area contributed by atoms with Gasteiger partial charge in [-0.05, 0) is 47.5 Å². The smallest absolute Gasteiger partial charge is 0.348 e. The highest BCUT2D eigenvalue weighted by Gasteiger charge is 2.30. The quantitative estimate of drug-likeness (QED) is 0.312. The van der Waals surface area contributed by atoms with E-state index in [1.165, 1.54) is 0 Å². The van der Waals surface area contributed by atoms with Gasteiger partial charge in [0.1, 0.15) is 0 Å². The molecule has 0 amide bonds. The summed E-state index contributed by atoms with van der Waals surface area (Å²) >= 11 is 9.91. The topological polar surface area (TPSA) is 113 Å². The number of ether oxygens (including phenoxy) is 1. The minimum Gasteiger partial charge on any atom is -0.398 e. The molecule has 0 heterocycles. The SMILES string of the molecule is Nc1cc(C(F)(F)Cl)cc(N)c1COCc1c(N)cc(C(F)(F)Cl)cc1N. The van der Waals surface area contributed by atoms with Crippen LogP contribution in [0, 0.1) is 0 Å². The lowest BCUT2D eigenvalue weighted by atomic mass is 10.1. The summed E-state index contributed by atoms with van der Waals surface area (Å²) in [5, 5.41) is -7.23. The van der Waals surface area contributed by atoms with Crippen molar-refractivity contribution in [2.75, 3.05) is 22.9 Å². The van der Waals surface area contributed by atoms with Crippen LogP contribution in [0.3, 0.4) is 0 Å². The number of alkyl halides is 6. The van der Waals surface area contributed by atoms with Crippen LogP contribution in [0.4, 0.5) is 40.3 Å². The Balaban J connectivity index is 2.16. The largest absolute Gasteiger partial charge is 0.398 e. The van der Waals surface area contributed by atoms with Crippen molar-refractivity contribution in [3.8, 4) is 0 Å². The lowest BCUT2D eigenvalue weighted by Gasteiger charge is -2.17. The fraction of sp³-hybridized carbons (Fsp3) is 0.250. The highest BCUT2D eigenvalue weighted by Crippen LogP contribution is 2.38. The number of nitrogen functional groups attached to an aromatic ring is 4. The molecule has 2 rings (SSSR count). The molecule has 0 radical (unpaired) electrons. The molecule has 27 heavy (non-hydrogen) atoms. The van der Waals surface area contributed by atoms with Crippen LogP contribution in [0.25, 0.3) is 0 Å². The maximum Gasteiger partial charge on any atom is 0.348 e. The summed E-state index contributed by atoms with van der Waals surface area (Å²) in [6.07, 6.45) is 0.